The molecule has 1 aromatic heterocycles. The molecule has 0 fully saturated rings. The molecule has 0 aliphatic rings. The molecule has 0 saturated heterocycles. The fraction of sp³-hybridized carbons (Fsp3) is 0.200. The highest BCUT2D eigenvalue weighted by Gasteiger charge is 2.00. The molecule has 2 aromatic rings. The van der Waals surface area contributed by atoms with Crippen LogP contribution in [-0.2, 0) is 6.54 Å². The Bertz CT molecular complexity index is 401. The average molecular weight is 160 g/mol. The smallest absolute Gasteiger partial charge is 0.0459 e. The molecule has 2 rings (SSSR count). The molecule has 2 heteroatoms. The van der Waals surface area contributed by atoms with E-state index in [2.05, 4.69) is 30.1 Å². The maximum absolute atomic E-state index is 5.63. The maximum Gasteiger partial charge on any atom is 0.0459 e. The van der Waals surface area contributed by atoms with E-state index in [1.54, 1.807) is 0 Å². The van der Waals surface area contributed by atoms with Gasteiger partial charge in [-0.25, -0.2) is 0 Å². The molecule has 12 heavy (non-hydrogen) atoms. The van der Waals surface area contributed by atoms with Gasteiger partial charge < -0.3 is 10.7 Å². The van der Waals surface area contributed by atoms with Crippen molar-refractivity contribution in [2.45, 2.75) is 13.5 Å². The van der Waals surface area contributed by atoms with Crippen LogP contribution >= 0.6 is 0 Å². The molecular formula is C10H12N2. The van der Waals surface area contributed by atoms with E-state index < -0.39 is 0 Å². The summed E-state index contributed by atoms with van der Waals surface area (Å²) in [6, 6.07) is 6.33. The lowest BCUT2D eigenvalue weighted by molar-refractivity contribution is 1.08. The minimum Gasteiger partial charge on any atom is -0.361 e. The fourth-order valence-corrected chi connectivity index (χ4v) is 1.57. The first-order valence-electron chi connectivity index (χ1n) is 4.08. The summed E-state index contributed by atoms with van der Waals surface area (Å²) < 4.78 is 0. The molecule has 2 nitrogen and oxygen atoms in total. The van der Waals surface area contributed by atoms with Gasteiger partial charge in [-0.15, -0.1) is 0 Å². The maximum atomic E-state index is 5.63. The Labute approximate surface area is 71.4 Å². The van der Waals surface area contributed by atoms with Crippen LogP contribution in [0.25, 0.3) is 10.9 Å². The zero-order valence-corrected chi connectivity index (χ0v) is 7.09. The van der Waals surface area contributed by atoms with Gasteiger partial charge in [-0.05, 0) is 30.2 Å². The van der Waals surface area contributed by atoms with Crippen LogP contribution in [0.3, 0.4) is 0 Å². The number of rotatable bonds is 1. The van der Waals surface area contributed by atoms with E-state index in [0.717, 1.165) is 0 Å². The predicted molar refractivity (Wildman–Crippen MR) is 50.9 cm³/mol. The molecule has 0 unspecified atom stereocenters. The lowest BCUT2D eigenvalue weighted by Gasteiger charge is -2.01. The Kier molecular flexibility index (Phi) is 1.62. The van der Waals surface area contributed by atoms with Crippen LogP contribution in [0.2, 0.25) is 0 Å². The molecule has 0 radical (unpaired) electrons. The summed E-state index contributed by atoms with van der Waals surface area (Å²) in [4.78, 5) is 3.18. The number of aryl methyl sites for hydroxylation is 1. The molecule has 62 valence electrons. The van der Waals surface area contributed by atoms with E-state index in [4.69, 9.17) is 5.73 Å². The van der Waals surface area contributed by atoms with Gasteiger partial charge in [0.15, 0.2) is 0 Å². The van der Waals surface area contributed by atoms with E-state index >= 15 is 0 Å². The van der Waals surface area contributed by atoms with E-state index in [0.29, 0.717) is 6.54 Å². The van der Waals surface area contributed by atoms with Gasteiger partial charge in [0.05, 0.1) is 0 Å². The molecule has 0 aliphatic carbocycles. The van der Waals surface area contributed by atoms with Crippen molar-refractivity contribution in [1.82, 2.24) is 4.98 Å². The number of aromatic nitrogens is 1. The number of hydrogen-bond acceptors (Lipinski definition) is 1. The van der Waals surface area contributed by atoms with E-state index in [9.17, 15) is 0 Å². The van der Waals surface area contributed by atoms with E-state index in [-0.39, 0.29) is 0 Å². The van der Waals surface area contributed by atoms with Gasteiger partial charge in [0.1, 0.15) is 0 Å². The Morgan fingerprint density at radius 2 is 2.25 bits per heavy atom. The summed E-state index contributed by atoms with van der Waals surface area (Å²) in [7, 11) is 0. The molecule has 0 amide bonds. The fourth-order valence-electron chi connectivity index (χ4n) is 1.57. The van der Waals surface area contributed by atoms with Gasteiger partial charge in [-0.1, -0.05) is 6.07 Å². The van der Waals surface area contributed by atoms with Gasteiger partial charge in [-0.2, -0.15) is 0 Å². The summed E-state index contributed by atoms with van der Waals surface area (Å²) >= 11 is 0. The number of aromatic amines is 1. The standard InChI is InChI=1S/C10H12N2/c1-7-4-8(6-11)9-2-3-12-10(9)5-7/h2-5,12H,6,11H2,1H3. The average Bonchev–Trinajstić information content (AvgIpc) is 2.50. The largest absolute Gasteiger partial charge is 0.361 e. The summed E-state index contributed by atoms with van der Waals surface area (Å²) in [5, 5.41) is 1.24. The first-order valence-corrected chi connectivity index (χ1v) is 4.08. The number of H-pyrrole nitrogens is 1. The minimum absolute atomic E-state index is 0.607. The molecule has 0 aliphatic heterocycles. The van der Waals surface area contributed by atoms with Gasteiger partial charge in [0, 0.05) is 23.6 Å². The van der Waals surface area contributed by atoms with Crippen LogP contribution in [0, 0.1) is 6.92 Å². The second-order valence-electron chi connectivity index (χ2n) is 3.07. The normalized spacial score (nSPS) is 10.8. The van der Waals surface area contributed by atoms with Gasteiger partial charge in [0.2, 0.25) is 0 Å². The minimum atomic E-state index is 0.607. The summed E-state index contributed by atoms with van der Waals surface area (Å²) in [5.74, 6) is 0. The lowest BCUT2D eigenvalue weighted by atomic mass is 10.1. The van der Waals surface area contributed by atoms with Crippen LogP contribution < -0.4 is 5.73 Å². The van der Waals surface area contributed by atoms with Gasteiger partial charge >= 0.3 is 0 Å². The molecular weight excluding hydrogens is 148 g/mol. The van der Waals surface area contributed by atoms with E-state index in [1.165, 1.54) is 22.0 Å². The van der Waals surface area contributed by atoms with Crippen LogP contribution in [0.1, 0.15) is 11.1 Å². The zero-order valence-electron chi connectivity index (χ0n) is 7.09. The third kappa shape index (κ3) is 1.01. The third-order valence-corrected chi connectivity index (χ3v) is 2.12. The number of benzene rings is 1. The second kappa shape index (κ2) is 2.64. The molecule has 0 saturated carbocycles. The summed E-state index contributed by atoms with van der Waals surface area (Å²) in [6.07, 6.45) is 1.95. The molecule has 1 aromatic carbocycles. The molecule has 0 spiro atoms. The monoisotopic (exact) mass is 160 g/mol. The molecule has 0 atom stereocenters. The number of nitrogens with two attached hydrogens (primary N) is 1. The quantitative estimate of drug-likeness (QED) is 0.657. The Morgan fingerprint density at radius 3 is 3.00 bits per heavy atom. The number of nitrogens with one attached hydrogen (secondary N) is 1. The van der Waals surface area contributed by atoms with Crippen molar-refractivity contribution in [1.29, 1.82) is 0 Å². The third-order valence-electron chi connectivity index (χ3n) is 2.12. The van der Waals surface area contributed by atoms with E-state index in [1.807, 2.05) is 6.20 Å². The Balaban J connectivity index is 2.80. The van der Waals surface area contributed by atoms with Crippen LogP contribution in [-0.4, -0.2) is 4.98 Å². The number of fused-ring (bicyclic) bond motifs is 1. The van der Waals surface area contributed by atoms with Crippen molar-refractivity contribution in [3.05, 3.63) is 35.5 Å². The molecule has 1 heterocycles. The Hall–Kier alpha value is -1.28. The lowest BCUT2D eigenvalue weighted by Crippen LogP contribution is -1.96. The summed E-state index contributed by atoms with van der Waals surface area (Å²) in [6.45, 7) is 2.69. The van der Waals surface area contributed by atoms with Crippen LogP contribution in [0.4, 0.5) is 0 Å². The summed E-state index contributed by atoms with van der Waals surface area (Å²) in [5.41, 5.74) is 9.28. The van der Waals surface area contributed by atoms with Gasteiger partial charge in [0.25, 0.3) is 0 Å². The Morgan fingerprint density at radius 1 is 1.42 bits per heavy atom. The molecule has 3 N–H and O–H groups in total. The van der Waals surface area contributed by atoms with Crippen molar-refractivity contribution < 1.29 is 0 Å². The van der Waals surface area contributed by atoms with Crippen molar-refractivity contribution in [2.75, 3.05) is 0 Å². The van der Waals surface area contributed by atoms with Crippen molar-refractivity contribution in [3.8, 4) is 0 Å². The van der Waals surface area contributed by atoms with Crippen molar-refractivity contribution in [2.24, 2.45) is 5.73 Å². The molecule has 0 bridgehead atoms. The SMILES string of the molecule is Cc1cc(CN)c2cc[nH]c2c1. The zero-order chi connectivity index (χ0) is 8.55. The van der Waals surface area contributed by atoms with Crippen LogP contribution in [0.15, 0.2) is 24.4 Å². The first kappa shape index (κ1) is 7.37. The highest BCUT2D eigenvalue weighted by molar-refractivity contribution is 5.83. The predicted octanol–water partition coefficient (Wildman–Crippen LogP) is 1.94. The highest BCUT2D eigenvalue weighted by Crippen LogP contribution is 2.19. The number of hydrogen-bond donors (Lipinski definition) is 2. The first-order chi connectivity index (χ1) is 5.81. The van der Waals surface area contributed by atoms with Crippen LogP contribution in [0.5, 0.6) is 0 Å². The van der Waals surface area contributed by atoms with Crippen molar-refractivity contribution in [3.63, 3.8) is 0 Å². The second-order valence-corrected chi connectivity index (χ2v) is 3.07. The van der Waals surface area contributed by atoms with Crippen molar-refractivity contribution >= 4 is 10.9 Å². The highest BCUT2D eigenvalue weighted by atomic mass is 14.7. The van der Waals surface area contributed by atoms with Gasteiger partial charge in [-0.3, -0.25) is 0 Å². The topological polar surface area (TPSA) is 41.8 Å².